The maximum Gasteiger partial charge on any atom is 0.276 e. The molecule has 0 unspecified atom stereocenters. The maximum atomic E-state index is 12.1. The lowest BCUT2D eigenvalue weighted by atomic mass is 10.1. The first-order chi connectivity index (χ1) is 12.5. The van der Waals surface area contributed by atoms with Crippen LogP contribution in [-0.2, 0) is 4.79 Å². The van der Waals surface area contributed by atoms with Gasteiger partial charge in [0.05, 0.1) is 28.3 Å². The van der Waals surface area contributed by atoms with E-state index >= 15 is 0 Å². The van der Waals surface area contributed by atoms with Crippen LogP contribution in [0.3, 0.4) is 0 Å². The predicted molar refractivity (Wildman–Crippen MR) is 98.4 cm³/mol. The van der Waals surface area contributed by atoms with Crippen molar-refractivity contribution in [1.29, 1.82) is 0 Å². The van der Waals surface area contributed by atoms with E-state index in [4.69, 9.17) is 6.42 Å². The normalized spacial score (nSPS) is 10.1. The largest absolute Gasteiger partial charge is 0.341 e. The Labute approximate surface area is 149 Å². The Morgan fingerprint density at radius 2 is 1.85 bits per heavy atom. The number of anilines is 1. The van der Waals surface area contributed by atoms with Gasteiger partial charge in [0.25, 0.3) is 11.6 Å². The summed E-state index contributed by atoms with van der Waals surface area (Å²) >= 11 is 0. The van der Waals surface area contributed by atoms with E-state index < -0.39 is 16.7 Å². The molecule has 2 N–H and O–H groups in total. The molecule has 7 heteroatoms. The van der Waals surface area contributed by atoms with Crippen LogP contribution in [0.25, 0.3) is 6.08 Å². The summed E-state index contributed by atoms with van der Waals surface area (Å²) in [4.78, 5) is 34.6. The summed E-state index contributed by atoms with van der Waals surface area (Å²) in [7, 11) is 0. The fraction of sp³-hybridized carbons (Fsp3) is 0.0526. The van der Waals surface area contributed by atoms with E-state index in [0.29, 0.717) is 11.3 Å². The van der Waals surface area contributed by atoms with Crippen molar-refractivity contribution in [1.82, 2.24) is 5.32 Å². The highest BCUT2D eigenvalue weighted by atomic mass is 16.6. The number of para-hydroxylation sites is 2. The molecule has 0 aliphatic rings. The quantitative estimate of drug-likeness (QED) is 0.362. The highest BCUT2D eigenvalue weighted by molar-refractivity contribution is 6.07. The molecule has 0 saturated heterocycles. The number of nitro groups is 1. The Morgan fingerprint density at radius 3 is 2.58 bits per heavy atom. The van der Waals surface area contributed by atoms with E-state index in [9.17, 15) is 19.7 Å². The van der Waals surface area contributed by atoms with Crippen LogP contribution < -0.4 is 10.6 Å². The Morgan fingerprint density at radius 1 is 1.15 bits per heavy atom. The number of nitro benzene ring substituents is 1. The molecule has 26 heavy (non-hydrogen) atoms. The van der Waals surface area contributed by atoms with Crippen molar-refractivity contribution in [3.8, 4) is 12.3 Å². The lowest BCUT2D eigenvalue weighted by Crippen LogP contribution is -2.25. The van der Waals surface area contributed by atoms with Gasteiger partial charge in [0.15, 0.2) is 0 Å². The lowest BCUT2D eigenvalue weighted by Gasteiger charge is -2.09. The van der Waals surface area contributed by atoms with Crippen molar-refractivity contribution in [2.24, 2.45) is 0 Å². The molecular weight excluding hydrogens is 334 g/mol. The number of carbonyl (C=O) groups is 2. The summed E-state index contributed by atoms with van der Waals surface area (Å²) in [6.45, 7) is 0.0681. The van der Waals surface area contributed by atoms with Crippen LogP contribution in [0.15, 0.2) is 54.6 Å². The molecule has 0 heterocycles. The molecule has 0 radical (unpaired) electrons. The minimum Gasteiger partial charge on any atom is -0.341 e. The summed E-state index contributed by atoms with van der Waals surface area (Å²) in [6, 6.07) is 12.5. The lowest BCUT2D eigenvalue weighted by molar-refractivity contribution is -0.385. The molecule has 2 aromatic rings. The van der Waals surface area contributed by atoms with Crippen LogP contribution in [0.2, 0.25) is 0 Å². The van der Waals surface area contributed by atoms with Gasteiger partial charge in [-0.3, -0.25) is 19.7 Å². The molecule has 0 fully saturated rings. The number of terminal acetylenes is 1. The van der Waals surface area contributed by atoms with Gasteiger partial charge in [0, 0.05) is 12.1 Å². The summed E-state index contributed by atoms with van der Waals surface area (Å²) in [5.74, 6) is 1.35. The van der Waals surface area contributed by atoms with Crippen molar-refractivity contribution < 1.29 is 14.5 Å². The highest BCUT2D eigenvalue weighted by Crippen LogP contribution is 2.19. The van der Waals surface area contributed by atoms with Crippen molar-refractivity contribution in [3.05, 3.63) is 75.8 Å². The molecule has 0 aliphatic heterocycles. The van der Waals surface area contributed by atoms with Gasteiger partial charge in [-0.05, 0) is 24.3 Å². The number of amides is 2. The fourth-order valence-corrected chi connectivity index (χ4v) is 2.15. The van der Waals surface area contributed by atoms with Gasteiger partial charge in [0.2, 0.25) is 5.91 Å². The third kappa shape index (κ3) is 4.79. The number of nitrogens with one attached hydrogen (secondary N) is 2. The van der Waals surface area contributed by atoms with Crippen LogP contribution in [0.5, 0.6) is 0 Å². The average molecular weight is 349 g/mol. The highest BCUT2D eigenvalue weighted by Gasteiger charge is 2.12. The topological polar surface area (TPSA) is 101 Å². The SMILES string of the molecule is C#CCNC(=O)c1ccccc1NC(=O)/C=C/c1ccccc1[N+](=O)[O-]. The molecule has 2 rings (SSSR count). The van der Waals surface area contributed by atoms with Crippen molar-refractivity contribution in [2.75, 3.05) is 11.9 Å². The smallest absolute Gasteiger partial charge is 0.276 e. The molecule has 2 aromatic carbocycles. The second kappa shape index (κ2) is 8.80. The van der Waals surface area contributed by atoms with Crippen LogP contribution >= 0.6 is 0 Å². The van der Waals surface area contributed by atoms with E-state index in [1.807, 2.05) is 0 Å². The van der Waals surface area contributed by atoms with Gasteiger partial charge in [-0.2, -0.15) is 0 Å². The number of hydrogen-bond donors (Lipinski definition) is 2. The first-order valence-corrected chi connectivity index (χ1v) is 7.56. The fourth-order valence-electron chi connectivity index (χ4n) is 2.15. The van der Waals surface area contributed by atoms with Crippen LogP contribution in [-0.4, -0.2) is 23.3 Å². The third-order valence-corrected chi connectivity index (χ3v) is 3.33. The molecule has 7 nitrogen and oxygen atoms in total. The minimum absolute atomic E-state index is 0.0681. The zero-order chi connectivity index (χ0) is 18.9. The zero-order valence-corrected chi connectivity index (χ0v) is 13.6. The monoisotopic (exact) mass is 349 g/mol. The van der Waals surface area contributed by atoms with Crippen molar-refractivity contribution in [3.63, 3.8) is 0 Å². The first kappa shape index (κ1) is 18.4. The van der Waals surface area contributed by atoms with Crippen LogP contribution in [0, 0.1) is 22.5 Å². The standard InChI is InChI=1S/C19H15N3O4/c1-2-13-20-19(24)15-8-4-5-9-16(15)21-18(23)12-11-14-7-3-6-10-17(14)22(25)26/h1,3-12H,13H2,(H,20,24)(H,21,23)/b12-11+. The van der Waals surface area contributed by atoms with Gasteiger partial charge in [0.1, 0.15) is 0 Å². The summed E-state index contributed by atoms with van der Waals surface area (Å²) in [6.07, 6.45) is 7.62. The third-order valence-electron chi connectivity index (χ3n) is 3.33. The van der Waals surface area contributed by atoms with Crippen LogP contribution in [0.4, 0.5) is 11.4 Å². The van der Waals surface area contributed by atoms with E-state index in [1.165, 1.54) is 24.3 Å². The van der Waals surface area contributed by atoms with Gasteiger partial charge >= 0.3 is 0 Å². The Kier molecular flexibility index (Phi) is 6.23. The predicted octanol–water partition coefficient (Wildman–Crippen LogP) is 2.61. The number of hydrogen-bond acceptors (Lipinski definition) is 4. The Balaban J connectivity index is 2.15. The second-order valence-corrected chi connectivity index (χ2v) is 5.07. The average Bonchev–Trinajstić information content (AvgIpc) is 2.65. The second-order valence-electron chi connectivity index (χ2n) is 5.07. The van der Waals surface area contributed by atoms with Crippen molar-refractivity contribution >= 4 is 29.3 Å². The van der Waals surface area contributed by atoms with E-state index in [0.717, 1.165) is 0 Å². The van der Waals surface area contributed by atoms with Gasteiger partial charge in [-0.25, -0.2) is 0 Å². The molecule has 0 spiro atoms. The molecular formula is C19H15N3O4. The molecule has 2 amide bonds. The summed E-state index contributed by atoms with van der Waals surface area (Å²) in [5.41, 5.74) is 0.757. The van der Waals surface area contributed by atoms with Gasteiger partial charge in [-0.1, -0.05) is 30.2 Å². The molecule has 0 aliphatic carbocycles. The first-order valence-electron chi connectivity index (χ1n) is 7.56. The van der Waals surface area contributed by atoms with Crippen molar-refractivity contribution in [2.45, 2.75) is 0 Å². The van der Waals surface area contributed by atoms with E-state index in [2.05, 4.69) is 16.6 Å². The number of benzene rings is 2. The molecule has 130 valence electrons. The zero-order valence-electron chi connectivity index (χ0n) is 13.6. The number of nitrogens with zero attached hydrogens (tertiary/aromatic N) is 1. The van der Waals surface area contributed by atoms with E-state index in [1.54, 1.807) is 36.4 Å². The Bertz CT molecular complexity index is 913. The van der Waals surface area contributed by atoms with E-state index in [-0.39, 0.29) is 17.8 Å². The maximum absolute atomic E-state index is 12.1. The summed E-state index contributed by atoms with van der Waals surface area (Å²) < 4.78 is 0. The molecule has 0 saturated carbocycles. The molecule has 0 atom stereocenters. The molecule has 0 bridgehead atoms. The van der Waals surface area contributed by atoms with Gasteiger partial charge < -0.3 is 10.6 Å². The Hall–Kier alpha value is -3.92. The minimum atomic E-state index is -0.527. The van der Waals surface area contributed by atoms with Crippen LogP contribution in [0.1, 0.15) is 15.9 Å². The number of rotatable bonds is 6. The number of carbonyl (C=O) groups excluding carboxylic acids is 2. The summed E-state index contributed by atoms with van der Waals surface area (Å²) in [5, 5.41) is 16.1. The van der Waals surface area contributed by atoms with Gasteiger partial charge in [-0.15, -0.1) is 6.42 Å². The molecule has 0 aromatic heterocycles.